The van der Waals surface area contributed by atoms with Gasteiger partial charge in [-0.3, -0.25) is 0 Å². The molecule has 0 bridgehead atoms. The summed E-state index contributed by atoms with van der Waals surface area (Å²) in [6.07, 6.45) is 0. The van der Waals surface area contributed by atoms with Gasteiger partial charge in [0.25, 0.3) is 0 Å². The Hall–Kier alpha value is -7.40. The van der Waals surface area contributed by atoms with E-state index in [1.807, 2.05) is 11.3 Å². The van der Waals surface area contributed by atoms with Crippen molar-refractivity contribution in [1.29, 1.82) is 0 Å². The third-order valence-electron chi connectivity index (χ3n) is 12.2. The van der Waals surface area contributed by atoms with Gasteiger partial charge in [0.2, 0.25) is 0 Å². The Kier molecular flexibility index (Phi) is 6.60. The molecular weight excluding hydrogens is 723 g/mol. The zero-order valence-corrected chi connectivity index (χ0v) is 32.1. The Morgan fingerprint density at radius 3 is 1.09 bits per heavy atom. The Morgan fingerprint density at radius 2 is 0.621 bits per heavy atom. The summed E-state index contributed by atoms with van der Waals surface area (Å²) in [6.45, 7) is 0. The van der Waals surface area contributed by atoms with E-state index in [9.17, 15) is 0 Å². The van der Waals surface area contributed by atoms with Crippen molar-refractivity contribution in [1.82, 2.24) is 13.7 Å². The van der Waals surface area contributed by atoms with Gasteiger partial charge in [-0.15, -0.1) is 11.3 Å². The lowest BCUT2D eigenvalue weighted by Gasteiger charge is -2.11. The van der Waals surface area contributed by atoms with Gasteiger partial charge in [0.05, 0.1) is 33.1 Å². The molecule has 0 radical (unpaired) electrons. The number of nitrogens with zero attached hydrogens (tertiary/aromatic N) is 3. The highest BCUT2D eigenvalue weighted by atomic mass is 32.1. The lowest BCUT2D eigenvalue weighted by Crippen LogP contribution is -1.95. The highest BCUT2D eigenvalue weighted by Crippen LogP contribution is 2.41. The first-order valence-electron chi connectivity index (χ1n) is 19.8. The van der Waals surface area contributed by atoms with E-state index in [2.05, 4.69) is 214 Å². The molecule has 58 heavy (non-hydrogen) atoms. The van der Waals surface area contributed by atoms with Gasteiger partial charge >= 0.3 is 0 Å². The fourth-order valence-corrected chi connectivity index (χ4v) is 10.8. The van der Waals surface area contributed by atoms with Crippen LogP contribution in [0.15, 0.2) is 200 Å². The topological polar surface area (TPSA) is 14.8 Å². The molecule has 0 saturated carbocycles. The predicted molar refractivity (Wildman–Crippen MR) is 248 cm³/mol. The monoisotopic (exact) mass is 755 g/mol. The minimum atomic E-state index is 1.16. The van der Waals surface area contributed by atoms with Gasteiger partial charge in [0, 0.05) is 69.6 Å². The van der Waals surface area contributed by atoms with E-state index in [0.29, 0.717) is 0 Å². The standard InChI is InChI=1S/C54H33N3S/c1-6-19-47-39(14-1)40-15-2-7-20-48(40)55(47)36-13-11-12-34(30-36)35-24-27-52-44(31-35)43-18-5-10-23-51(43)57(52)38-26-29-54-46(33-38)45-32-37(25-28-53(45)58-54)56-49-21-8-3-16-41(49)42-17-4-9-22-50(42)56/h1-33H. The fraction of sp³-hybridized carbons (Fsp3) is 0. The molecule has 13 aromatic rings. The maximum Gasteiger partial charge on any atom is 0.0541 e. The van der Waals surface area contributed by atoms with Crippen LogP contribution in [0.5, 0.6) is 0 Å². The number of thiophene rings is 1. The summed E-state index contributed by atoms with van der Waals surface area (Å²) < 4.78 is 9.86. The summed E-state index contributed by atoms with van der Waals surface area (Å²) in [4.78, 5) is 0. The molecule has 0 spiro atoms. The van der Waals surface area contributed by atoms with E-state index in [1.54, 1.807) is 0 Å². The van der Waals surface area contributed by atoms with Crippen LogP contribution < -0.4 is 0 Å². The molecule has 0 saturated heterocycles. The van der Waals surface area contributed by atoms with E-state index in [1.165, 1.54) is 108 Å². The smallest absolute Gasteiger partial charge is 0.0541 e. The maximum absolute atomic E-state index is 2.45. The Bertz CT molecular complexity index is 3710. The molecule has 0 aliphatic rings. The first-order valence-corrected chi connectivity index (χ1v) is 20.7. The van der Waals surface area contributed by atoms with Crippen LogP contribution in [-0.2, 0) is 0 Å². The summed E-state index contributed by atoms with van der Waals surface area (Å²) in [5, 5.41) is 10.2. The molecule has 4 aromatic heterocycles. The largest absolute Gasteiger partial charge is 0.309 e. The van der Waals surface area contributed by atoms with Gasteiger partial charge in [-0.25, -0.2) is 0 Å². The quantitative estimate of drug-likeness (QED) is 0.170. The van der Waals surface area contributed by atoms with E-state index in [-0.39, 0.29) is 0 Å². The SMILES string of the molecule is c1cc(-c2ccc3c(c2)c2ccccc2n3-c2ccc3sc4ccc(-n5c6ccccc6c6ccccc65)cc4c3c2)cc(-n2c3ccccc3c3ccccc32)c1. The average Bonchev–Trinajstić information content (AvgIpc) is 4.02. The van der Waals surface area contributed by atoms with Crippen LogP contribution in [0.4, 0.5) is 0 Å². The fourth-order valence-electron chi connectivity index (χ4n) is 9.69. The second-order valence-electron chi connectivity index (χ2n) is 15.3. The number of rotatable bonds is 4. The summed E-state index contributed by atoms with van der Waals surface area (Å²) in [5.74, 6) is 0. The summed E-state index contributed by atoms with van der Waals surface area (Å²) >= 11 is 1.87. The predicted octanol–water partition coefficient (Wildman–Crippen LogP) is 15.0. The van der Waals surface area contributed by atoms with Crippen LogP contribution in [0.1, 0.15) is 0 Å². The van der Waals surface area contributed by atoms with Crippen molar-refractivity contribution < 1.29 is 0 Å². The van der Waals surface area contributed by atoms with Gasteiger partial charge in [-0.2, -0.15) is 0 Å². The van der Waals surface area contributed by atoms with Crippen LogP contribution in [0.3, 0.4) is 0 Å². The molecule has 0 unspecified atom stereocenters. The zero-order chi connectivity index (χ0) is 37.9. The molecule has 0 atom stereocenters. The third kappa shape index (κ3) is 4.49. The Labute approximate surface area is 337 Å². The van der Waals surface area contributed by atoms with E-state index < -0.39 is 0 Å². The normalized spacial score (nSPS) is 12.1. The highest BCUT2D eigenvalue weighted by molar-refractivity contribution is 7.25. The van der Waals surface area contributed by atoms with E-state index in [0.717, 1.165) is 5.69 Å². The molecule has 9 aromatic carbocycles. The Morgan fingerprint density at radius 1 is 0.241 bits per heavy atom. The lowest BCUT2D eigenvalue weighted by atomic mass is 10.0. The number of benzene rings is 9. The van der Waals surface area contributed by atoms with Crippen LogP contribution in [-0.4, -0.2) is 13.7 Å². The van der Waals surface area contributed by atoms with Crippen molar-refractivity contribution in [3.05, 3.63) is 200 Å². The first-order chi connectivity index (χ1) is 28.8. The van der Waals surface area contributed by atoms with Crippen LogP contribution in [0, 0.1) is 0 Å². The van der Waals surface area contributed by atoms with Gasteiger partial charge in [0.1, 0.15) is 0 Å². The molecule has 13 rings (SSSR count). The zero-order valence-electron chi connectivity index (χ0n) is 31.3. The van der Waals surface area contributed by atoms with Gasteiger partial charge in [-0.05, 0) is 102 Å². The molecule has 0 aliphatic heterocycles. The third-order valence-corrected chi connectivity index (χ3v) is 13.4. The number of hydrogen-bond donors (Lipinski definition) is 0. The number of hydrogen-bond acceptors (Lipinski definition) is 1. The molecule has 0 amide bonds. The summed E-state index contributed by atoms with van der Waals surface area (Å²) in [6, 6.07) is 73.7. The van der Waals surface area contributed by atoms with Gasteiger partial charge < -0.3 is 13.7 Å². The molecule has 3 nitrogen and oxygen atoms in total. The van der Waals surface area contributed by atoms with Crippen molar-refractivity contribution in [2.24, 2.45) is 0 Å². The Balaban J connectivity index is 0.963. The van der Waals surface area contributed by atoms with Crippen molar-refractivity contribution in [2.75, 3.05) is 0 Å². The number of fused-ring (bicyclic) bond motifs is 12. The maximum atomic E-state index is 2.45. The van der Waals surface area contributed by atoms with E-state index in [4.69, 9.17) is 0 Å². The molecule has 0 aliphatic carbocycles. The van der Waals surface area contributed by atoms with E-state index >= 15 is 0 Å². The first kappa shape index (κ1) is 31.8. The molecule has 270 valence electrons. The highest BCUT2D eigenvalue weighted by Gasteiger charge is 2.18. The minimum Gasteiger partial charge on any atom is -0.309 e. The molecule has 0 N–H and O–H groups in total. The lowest BCUT2D eigenvalue weighted by molar-refractivity contribution is 1.18. The van der Waals surface area contributed by atoms with Crippen LogP contribution >= 0.6 is 11.3 Å². The van der Waals surface area contributed by atoms with Crippen molar-refractivity contribution in [3.63, 3.8) is 0 Å². The average molecular weight is 756 g/mol. The summed E-state index contributed by atoms with van der Waals surface area (Å²) in [7, 11) is 0. The van der Waals surface area contributed by atoms with Crippen molar-refractivity contribution >= 4 is 96.9 Å². The van der Waals surface area contributed by atoms with Crippen LogP contribution in [0.2, 0.25) is 0 Å². The van der Waals surface area contributed by atoms with Gasteiger partial charge in [0.15, 0.2) is 0 Å². The minimum absolute atomic E-state index is 1.16. The van der Waals surface area contributed by atoms with Crippen LogP contribution in [0.25, 0.3) is 114 Å². The molecular formula is C54H33N3S. The molecule has 4 heterocycles. The molecule has 4 heteroatoms. The second-order valence-corrected chi connectivity index (χ2v) is 16.4. The van der Waals surface area contributed by atoms with Crippen molar-refractivity contribution in [3.8, 4) is 28.2 Å². The number of para-hydroxylation sites is 5. The second kappa shape index (κ2) is 12.1. The van der Waals surface area contributed by atoms with Crippen molar-refractivity contribution in [2.45, 2.75) is 0 Å². The van der Waals surface area contributed by atoms with Gasteiger partial charge in [-0.1, -0.05) is 109 Å². The number of aromatic nitrogens is 3. The summed E-state index contributed by atoms with van der Waals surface area (Å²) in [5.41, 5.74) is 13.2. The molecule has 0 fully saturated rings.